The molecule has 1 atom stereocenters. The Morgan fingerprint density at radius 2 is 1.60 bits per heavy atom. The minimum Gasteiger partial charge on any atom is -0.463 e. The van der Waals surface area contributed by atoms with E-state index in [2.05, 4.69) is 10.3 Å². The van der Waals surface area contributed by atoms with E-state index < -0.39 is 22.8 Å². The number of esters is 2. The Labute approximate surface area is 244 Å². The average molecular weight is 572 g/mol. The monoisotopic (exact) mass is 571 g/mol. The van der Waals surface area contributed by atoms with Crippen molar-refractivity contribution in [1.82, 2.24) is 10.3 Å². The topological polar surface area (TPSA) is 130 Å². The quantitative estimate of drug-likeness (QED) is 0.136. The number of dihydropyridines is 1. The lowest BCUT2D eigenvalue weighted by Crippen LogP contribution is -2.32. The summed E-state index contributed by atoms with van der Waals surface area (Å²) in [6.45, 7) is 5.68. The standard InChI is InChI=1S/C32H33N3O7/c1-4-41-31(36)28-21(2)34-22(3)29(30(28)26-8-5-9-27(18-26)35(38)39)32(37)42-16-15-40-20-24-12-10-23(11-13-24)17-25-7-6-14-33-19-25/h5-14,18-19,30,34H,4,15-17,20H2,1-3H3. The summed E-state index contributed by atoms with van der Waals surface area (Å²) in [4.78, 5) is 41.4. The molecule has 3 aromatic rings. The lowest BCUT2D eigenvalue weighted by Gasteiger charge is -2.30. The van der Waals surface area contributed by atoms with Crippen LogP contribution in [0.3, 0.4) is 0 Å². The summed E-state index contributed by atoms with van der Waals surface area (Å²) >= 11 is 0. The van der Waals surface area contributed by atoms with Gasteiger partial charge in [0.05, 0.1) is 41.8 Å². The van der Waals surface area contributed by atoms with Crippen LogP contribution in [0.4, 0.5) is 5.69 Å². The molecular weight excluding hydrogens is 538 g/mol. The van der Waals surface area contributed by atoms with Gasteiger partial charge in [0.25, 0.3) is 5.69 Å². The van der Waals surface area contributed by atoms with Gasteiger partial charge in [-0.05, 0) is 55.5 Å². The van der Waals surface area contributed by atoms with E-state index in [1.807, 2.05) is 42.6 Å². The summed E-state index contributed by atoms with van der Waals surface area (Å²) in [5, 5.41) is 14.5. The van der Waals surface area contributed by atoms with Crippen molar-refractivity contribution < 1.29 is 28.7 Å². The van der Waals surface area contributed by atoms with Crippen molar-refractivity contribution in [3.63, 3.8) is 0 Å². The molecule has 2 heterocycles. The number of hydrogen-bond acceptors (Lipinski definition) is 9. The van der Waals surface area contributed by atoms with Crippen LogP contribution < -0.4 is 5.32 Å². The number of rotatable bonds is 12. The minimum absolute atomic E-state index is 0.0200. The van der Waals surface area contributed by atoms with E-state index in [4.69, 9.17) is 14.2 Å². The molecule has 1 aliphatic heterocycles. The Hall–Kier alpha value is -4.83. The van der Waals surface area contributed by atoms with Crippen LogP contribution >= 0.6 is 0 Å². The number of hydrogen-bond donors (Lipinski definition) is 1. The number of pyridine rings is 1. The molecule has 1 unspecified atom stereocenters. The van der Waals surface area contributed by atoms with Gasteiger partial charge in [-0.1, -0.05) is 42.5 Å². The zero-order chi connectivity index (χ0) is 30.1. The van der Waals surface area contributed by atoms with E-state index in [9.17, 15) is 19.7 Å². The Kier molecular flexibility index (Phi) is 10.2. The molecule has 10 heteroatoms. The first kappa shape index (κ1) is 30.1. The molecule has 0 radical (unpaired) electrons. The van der Waals surface area contributed by atoms with E-state index >= 15 is 0 Å². The number of ether oxygens (including phenoxy) is 3. The highest BCUT2D eigenvalue weighted by atomic mass is 16.6. The van der Waals surface area contributed by atoms with Crippen LogP contribution in [0.15, 0.2) is 95.6 Å². The third-order valence-electron chi connectivity index (χ3n) is 6.77. The SMILES string of the molecule is CCOC(=O)C1=C(C)NC(C)=C(C(=O)OCCOCc2ccc(Cc3cccnc3)cc2)C1c1cccc([N+](=O)[O-])c1. The van der Waals surface area contributed by atoms with Crippen LogP contribution in [0.25, 0.3) is 0 Å². The fourth-order valence-corrected chi connectivity index (χ4v) is 4.85. The van der Waals surface area contributed by atoms with Crippen LogP contribution in [0, 0.1) is 10.1 Å². The van der Waals surface area contributed by atoms with Gasteiger partial charge in [0.15, 0.2) is 0 Å². The van der Waals surface area contributed by atoms with Gasteiger partial charge in [-0.15, -0.1) is 0 Å². The third kappa shape index (κ3) is 7.46. The zero-order valence-corrected chi connectivity index (χ0v) is 23.8. The molecule has 42 heavy (non-hydrogen) atoms. The molecule has 1 N–H and O–H groups in total. The van der Waals surface area contributed by atoms with Crippen LogP contribution in [0.5, 0.6) is 0 Å². The normalized spacial score (nSPS) is 14.8. The second-order valence-electron chi connectivity index (χ2n) is 9.75. The second kappa shape index (κ2) is 14.2. The lowest BCUT2D eigenvalue weighted by molar-refractivity contribution is -0.384. The number of carbonyl (C=O) groups is 2. The highest BCUT2D eigenvalue weighted by Gasteiger charge is 2.38. The van der Waals surface area contributed by atoms with E-state index in [1.54, 1.807) is 33.0 Å². The fraction of sp³-hybridized carbons (Fsp3) is 0.281. The summed E-state index contributed by atoms with van der Waals surface area (Å²) in [7, 11) is 0. The van der Waals surface area contributed by atoms with Gasteiger partial charge >= 0.3 is 11.9 Å². The summed E-state index contributed by atoms with van der Waals surface area (Å²) in [5.74, 6) is -2.19. The number of benzene rings is 2. The molecule has 0 saturated carbocycles. The van der Waals surface area contributed by atoms with Crippen molar-refractivity contribution in [3.05, 3.63) is 128 Å². The molecule has 218 valence electrons. The predicted octanol–water partition coefficient (Wildman–Crippen LogP) is 5.14. The van der Waals surface area contributed by atoms with Gasteiger partial charge in [0.2, 0.25) is 0 Å². The Morgan fingerprint density at radius 1 is 0.905 bits per heavy atom. The van der Waals surface area contributed by atoms with Crippen LogP contribution in [0.2, 0.25) is 0 Å². The summed E-state index contributed by atoms with van der Waals surface area (Å²) in [6, 6.07) is 17.9. The summed E-state index contributed by atoms with van der Waals surface area (Å²) in [6.07, 6.45) is 4.39. The average Bonchev–Trinajstić information content (AvgIpc) is 2.98. The predicted molar refractivity (Wildman–Crippen MR) is 155 cm³/mol. The maximum Gasteiger partial charge on any atom is 0.336 e. The summed E-state index contributed by atoms with van der Waals surface area (Å²) < 4.78 is 16.5. The zero-order valence-electron chi connectivity index (χ0n) is 23.8. The molecule has 2 aromatic carbocycles. The van der Waals surface area contributed by atoms with Gasteiger partial charge in [0.1, 0.15) is 6.61 Å². The van der Waals surface area contributed by atoms with Crippen LogP contribution in [-0.4, -0.2) is 41.7 Å². The molecule has 0 spiro atoms. The number of nitro groups is 1. The molecule has 1 aromatic heterocycles. The van der Waals surface area contributed by atoms with Crippen LogP contribution in [-0.2, 0) is 36.8 Å². The first-order valence-electron chi connectivity index (χ1n) is 13.6. The Balaban J connectivity index is 1.40. The molecule has 0 bridgehead atoms. The van der Waals surface area contributed by atoms with Gasteiger partial charge in [-0.3, -0.25) is 15.1 Å². The van der Waals surface area contributed by atoms with Crippen molar-refractivity contribution in [2.24, 2.45) is 0 Å². The minimum atomic E-state index is -0.913. The van der Waals surface area contributed by atoms with E-state index in [-0.39, 0.29) is 36.7 Å². The Morgan fingerprint density at radius 3 is 2.24 bits per heavy atom. The third-order valence-corrected chi connectivity index (χ3v) is 6.77. The number of non-ortho nitro benzene ring substituents is 1. The van der Waals surface area contributed by atoms with Crippen molar-refractivity contribution in [2.75, 3.05) is 19.8 Å². The van der Waals surface area contributed by atoms with Gasteiger partial charge in [0, 0.05) is 35.9 Å². The number of nitrogens with zero attached hydrogens (tertiary/aromatic N) is 2. The van der Waals surface area contributed by atoms with Crippen molar-refractivity contribution in [3.8, 4) is 0 Å². The molecule has 1 aliphatic rings. The molecule has 0 fully saturated rings. The number of carbonyl (C=O) groups excluding carboxylic acids is 2. The lowest BCUT2D eigenvalue weighted by atomic mass is 9.80. The fourth-order valence-electron chi connectivity index (χ4n) is 4.85. The number of aromatic nitrogens is 1. The smallest absolute Gasteiger partial charge is 0.336 e. The van der Waals surface area contributed by atoms with E-state index in [0.717, 1.165) is 23.1 Å². The first-order valence-corrected chi connectivity index (χ1v) is 13.6. The molecule has 0 amide bonds. The highest BCUT2D eigenvalue weighted by molar-refractivity contribution is 6.00. The van der Waals surface area contributed by atoms with Crippen LogP contribution in [0.1, 0.15) is 48.9 Å². The molecule has 10 nitrogen and oxygen atoms in total. The van der Waals surface area contributed by atoms with E-state index in [0.29, 0.717) is 23.6 Å². The van der Waals surface area contributed by atoms with E-state index in [1.165, 1.54) is 18.2 Å². The van der Waals surface area contributed by atoms with Gasteiger partial charge in [-0.2, -0.15) is 0 Å². The maximum absolute atomic E-state index is 13.4. The molecule has 0 aliphatic carbocycles. The Bertz CT molecular complexity index is 1500. The molecular formula is C32H33N3O7. The number of allylic oxidation sites excluding steroid dienone is 2. The summed E-state index contributed by atoms with van der Waals surface area (Å²) in [5.41, 5.74) is 4.87. The van der Waals surface area contributed by atoms with Crippen molar-refractivity contribution in [1.29, 1.82) is 0 Å². The molecule has 4 rings (SSSR count). The largest absolute Gasteiger partial charge is 0.463 e. The number of nitro benzene ring substituents is 1. The van der Waals surface area contributed by atoms with Gasteiger partial charge < -0.3 is 19.5 Å². The molecule has 0 saturated heterocycles. The highest BCUT2D eigenvalue weighted by Crippen LogP contribution is 2.40. The first-order chi connectivity index (χ1) is 20.3. The maximum atomic E-state index is 13.4. The van der Waals surface area contributed by atoms with Gasteiger partial charge in [-0.25, -0.2) is 9.59 Å². The van der Waals surface area contributed by atoms with Crippen molar-refractivity contribution in [2.45, 2.75) is 39.7 Å². The van der Waals surface area contributed by atoms with Crippen molar-refractivity contribution >= 4 is 17.6 Å². The second-order valence-corrected chi connectivity index (χ2v) is 9.75. The number of nitrogens with one attached hydrogen (secondary N) is 1.